The highest BCUT2D eigenvalue weighted by molar-refractivity contribution is 6.01. The number of allylic oxidation sites excluding steroid dienone is 3. The molecule has 164 valence electrons. The number of rotatable bonds is 5. The van der Waals surface area contributed by atoms with E-state index in [2.05, 4.69) is 18.2 Å². The Labute approximate surface area is 199 Å². The topological polar surface area (TPSA) is 91.7 Å². The number of ketones is 1. The second-order valence-electron chi connectivity index (χ2n) is 8.96. The van der Waals surface area contributed by atoms with Gasteiger partial charge in [-0.2, -0.15) is 15.8 Å². The van der Waals surface area contributed by atoms with Crippen LogP contribution >= 0.6 is 0 Å². The van der Waals surface area contributed by atoms with Gasteiger partial charge < -0.3 is 4.90 Å². The van der Waals surface area contributed by atoms with Crippen LogP contribution in [-0.4, -0.2) is 22.8 Å². The third-order valence-corrected chi connectivity index (χ3v) is 7.05. The molecule has 34 heavy (non-hydrogen) atoms. The molecule has 2 aromatic rings. The molecule has 0 spiro atoms. The van der Waals surface area contributed by atoms with Crippen molar-refractivity contribution < 1.29 is 4.79 Å². The van der Waals surface area contributed by atoms with E-state index < -0.39 is 6.04 Å². The minimum atomic E-state index is -0.569. The fraction of sp³-hybridized carbons (Fsp3) is 0.241. The molecule has 0 bridgehead atoms. The first-order valence-electron chi connectivity index (χ1n) is 11.4. The van der Waals surface area contributed by atoms with Crippen molar-refractivity contribution in [3.05, 3.63) is 107 Å². The first kappa shape index (κ1) is 21.4. The Morgan fingerprint density at radius 2 is 1.56 bits per heavy atom. The van der Waals surface area contributed by atoms with Crippen LogP contribution < -0.4 is 0 Å². The smallest absolute Gasteiger partial charge is 0.185 e. The summed E-state index contributed by atoms with van der Waals surface area (Å²) in [6.07, 6.45) is 7.40. The van der Waals surface area contributed by atoms with E-state index in [9.17, 15) is 20.6 Å². The average Bonchev–Trinajstić information content (AvgIpc) is 3.68. The van der Waals surface area contributed by atoms with Crippen LogP contribution in [0.25, 0.3) is 0 Å². The molecule has 5 rings (SSSR count). The van der Waals surface area contributed by atoms with Crippen LogP contribution in [0.1, 0.15) is 34.7 Å². The van der Waals surface area contributed by atoms with Crippen LogP contribution in [0.2, 0.25) is 0 Å². The van der Waals surface area contributed by atoms with Crippen molar-refractivity contribution in [2.24, 2.45) is 11.8 Å². The van der Waals surface area contributed by atoms with Gasteiger partial charge in [-0.1, -0.05) is 66.7 Å². The van der Waals surface area contributed by atoms with E-state index in [0.717, 1.165) is 24.0 Å². The summed E-state index contributed by atoms with van der Waals surface area (Å²) in [6.45, 7) is 0. The van der Waals surface area contributed by atoms with Crippen molar-refractivity contribution in [3.63, 3.8) is 0 Å². The monoisotopic (exact) mass is 442 g/mol. The van der Waals surface area contributed by atoms with Gasteiger partial charge in [-0.15, -0.1) is 0 Å². The zero-order valence-electron chi connectivity index (χ0n) is 18.5. The van der Waals surface area contributed by atoms with Gasteiger partial charge in [-0.25, -0.2) is 0 Å². The van der Waals surface area contributed by atoms with Gasteiger partial charge in [0, 0.05) is 23.6 Å². The van der Waals surface area contributed by atoms with E-state index in [-0.39, 0.29) is 35.2 Å². The molecule has 1 aliphatic carbocycles. The van der Waals surface area contributed by atoms with Crippen molar-refractivity contribution in [1.82, 2.24) is 4.90 Å². The van der Waals surface area contributed by atoms with Crippen LogP contribution in [0.4, 0.5) is 0 Å². The van der Waals surface area contributed by atoms with Gasteiger partial charge >= 0.3 is 0 Å². The summed E-state index contributed by atoms with van der Waals surface area (Å²) in [5, 5.41) is 29.3. The molecule has 1 saturated carbocycles. The molecule has 0 aromatic heterocycles. The lowest BCUT2D eigenvalue weighted by molar-refractivity contribution is 0.0881. The van der Waals surface area contributed by atoms with E-state index in [1.54, 1.807) is 12.3 Å². The van der Waals surface area contributed by atoms with Gasteiger partial charge in [-0.05, 0) is 36.0 Å². The molecular weight excluding hydrogens is 420 g/mol. The fourth-order valence-electron chi connectivity index (χ4n) is 5.53. The van der Waals surface area contributed by atoms with Crippen molar-refractivity contribution in [2.75, 3.05) is 0 Å². The maximum absolute atomic E-state index is 14.0. The Hall–Kier alpha value is -4.40. The lowest BCUT2D eigenvalue weighted by atomic mass is 9.73. The van der Waals surface area contributed by atoms with Gasteiger partial charge in [0.25, 0.3) is 0 Å². The van der Waals surface area contributed by atoms with Gasteiger partial charge in [0.15, 0.2) is 5.78 Å². The summed E-state index contributed by atoms with van der Waals surface area (Å²) in [5.74, 6) is -0.358. The molecule has 3 aliphatic rings. The number of Topliss-reactive ketones (excluding diaryl/α,β-unsaturated/α-hetero) is 1. The van der Waals surface area contributed by atoms with E-state index in [1.807, 2.05) is 71.6 Å². The summed E-state index contributed by atoms with van der Waals surface area (Å²) in [7, 11) is 0. The Bertz CT molecular complexity index is 1310. The van der Waals surface area contributed by atoms with Crippen molar-refractivity contribution in [2.45, 2.75) is 30.8 Å². The molecule has 1 saturated heterocycles. The highest BCUT2D eigenvalue weighted by Crippen LogP contribution is 2.54. The zero-order chi connectivity index (χ0) is 23.7. The number of fused-ring (bicyclic) bond motifs is 1. The molecule has 0 radical (unpaired) electrons. The largest absolute Gasteiger partial charge is 0.358 e. The highest BCUT2D eigenvalue weighted by atomic mass is 16.1. The van der Waals surface area contributed by atoms with E-state index in [4.69, 9.17) is 0 Å². The molecular formula is C29H22N4O. The standard InChI is InChI=1S/C29H22N4O/c30-15-19-11-14-24-27(25(21-12-13-21)23(16-31)17-32)26(20-7-3-1-4-8-20)28(33(24)18-19)29(34)22-9-5-2-6-10-22/h1-11,14,18,21,24,26-28H,12-13H2/t24-,26+,27-,28-/m1/s1. The molecule has 2 aromatic carbocycles. The number of nitrogens with zero attached hydrogens (tertiary/aromatic N) is 4. The molecule has 0 unspecified atom stereocenters. The molecule has 5 nitrogen and oxygen atoms in total. The minimum absolute atomic E-state index is 0.0311. The number of benzene rings is 2. The quantitative estimate of drug-likeness (QED) is 0.477. The number of nitriles is 3. The van der Waals surface area contributed by atoms with E-state index >= 15 is 0 Å². The Balaban J connectivity index is 1.75. The number of carbonyl (C=O) groups excluding carboxylic acids is 1. The molecule has 2 aliphatic heterocycles. The van der Waals surface area contributed by atoms with E-state index in [0.29, 0.717) is 11.1 Å². The minimum Gasteiger partial charge on any atom is -0.358 e. The van der Waals surface area contributed by atoms with Crippen molar-refractivity contribution in [1.29, 1.82) is 15.8 Å². The first-order chi connectivity index (χ1) is 16.7. The van der Waals surface area contributed by atoms with Gasteiger partial charge in [0.1, 0.15) is 23.8 Å². The van der Waals surface area contributed by atoms with Gasteiger partial charge in [0.05, 0.1) is 17.7 Å². The Morgan fingerprint density at radius 3 is 2.15 bits per heavy atom. The van der Waals surface area contributed by atoms with Crippen LogP contribution in [0.3, 0.4) is 0 Å². The molecule has 5 heteroatoms. The SMILES string of the molecule is N#CC1=CN2[C@H](C=C1)[C@H](C(=C(C#N)C#N)C1CC1)[C@H](c1ccccc1)[C@@H]2C(=O)c1ccccc1. The molecule has 0 amide bonds. The summed E-state index contributed by atoms with van der Waals surface area (Å²) < 4.78 is 0. The second-order valence-corrected chi connectivity index (χ2v) is 8.96. The third-order valence-electron chi connectivity index (χ3n) is 7.05. The zero-order valence-corrected chi connectivity index (χ0v) is 18.5. The van der Waals surface area contributed by atoms with Gasteiger partial charge in [-0.3, -0.25) is 4.79 Å². The maximum atomic E-state index is 14.0. The van der Waals surface area contributed by atoms with Crippen LogP contribution in [0.15, 0.2) is 95.7 Å². The lowest BCUT2D eigenvalue weighted by Crippen LogP contribution is -2.39. The van der Waals surface area contributed by atoms with Gasteiger partial charge in [0.2, 0.25) is 0 Å². The number of hydrogen-bond donors (Lipinski definition) is 0. The van der Waals surface area contributed by atoms with Crippen molar-refractivity contribution >= 4 is 5.78 Å². The Morgan fingerprint density at radius 1 is 0.912 bits per heavy atom. The lowest BCUT2D eigenvalue weighted by Gasteiger charge is -2.31. The summed E-state index contributed by atoms with van der Waals surface area (Å²) >= 11 is 0. The highest BCUT2D eigenvalue weighted by Gasteiger charge is 2.55. The molecule has 2 heterocycles. The van der Waals surface area contributed by atoms with E-state index in [1.165, 1.54) is 0 Å². The molecule has 4 atom stereocenters. The van der Waals surface area contributed by atoms with Crippen LogP contribution in [0.5, 0.6) is 0 Å². The summed E-state index contributed by atoms with van der Waals surface area (Å²) in [5.41, 5.74) is 3.09. The van der Waals surface area contributed by atoms with Crippen LogP contribution in [0, 0.1) is 45.8 Å². The van der Waals surface area contributed by atoms with Crippen LogP contribution in [-0.2, 0) is 0 Å². The third kappa shape index (κ3) is 3.61. The Kier molecular flexibility index (Phi) is 5.59. The predicted octanol–water partition coefficient (Wildman–Crippen LogP) is 5.05. The predicted molar refractivity (Wildman–Crippen MR) is 127 cm³/mol. The summed E-state index contributed by atoms with van der Waals surface area (Å²) in [4.78, 5) is 16.0. The summed E-state index contributed by atoms with van der Waals surface area (Å²) in [6, 6.07) is 24.8. The number of hydrogen-bond acceptors (Lipinski definition) is 5. The fourth-order valence-corrected chi connectivity index (χ4v) is 5.53. The molecule has 2 fully saturated rings. The maximum Gasteiger partial charge on any atom is 0.185 e. The second kappa shape index (κ2) is 8.86. The molecule has 0 N–H and O–H groups in total. The average molecular weight is 443 g/mol. The first-order valence-corrected chi connectivity index (χ1v) is 11.4. The van der Waals surface area contributed by atoms with Crippen molar-refractivity contribution in [3.8, 4) is 18.2 Å². The number of carbonyl (C=O) groups is 1. The normalized spacial score (nSPS) is 24.7.